The van der Waals surface area contributed by atoms with Crippen LogP contribution >= 0.6 is 12.2 Å². The average Bonchev–Trinajstić information content (AvgIpc) is 3.42. The summed E-state index contributed by atoms with van der Waals surface area (Å²) in [6.45, 7) is 6.81. The maximum absolute atomic E-state index is 5.93. The smallest absolute Gasteiger partial charge is 0.226 e. The molecule has 5 rings (SSSR count). The lowest BCUT2D eigenvalue weighted by atomic mass is 10.0. The van der Waals surface area contributed by atoms with E-state index in [1.54, 1.807) is 0 Å². The van der Waals surface area contributed by atoms with E-state index in [-0.39, 0.29) is 0 Å². The first-order valence-corrected chi connectivity index (χ1v) is 12.1. The van der Waals surface area contributed by atoms with Crippen molar-refractivity contribution in [2.24, 2.45) is 0 Å². The van der Waals surface area contributed by atoms with E-state index in [4.69, 9.17) is 22.1 Å². The molecule has 0 radical (unpaired) electrons. The Labute approximate surface area is 184 Å². The minimum absolute atomic E-state index is 0.423. The van der Waals surface area contributed by atoms with Gasteiger partial charge >= 0.3 is 0 Å². The number of hydrogen-bond donors (Lipinski definition) is 0. The third-order valence-electron chi connectivity index (χ3n) is 6.66. The molecule has 0 N–H and O–H groups in total. The molecule has 1 unspecified atom stereocenters. The first kappa shape index (κ1) is 20.1. The van der Waals surface area contributed by atoms with Crippen LogP contribution in [0.5, 0.6) is 5.75 Å². The van der Waals surface area contributed by atoms with Crippen LogP contribution in [0, 0.1) is 4.77 Å². The van der Waals surface area contributed by atoms with Crippen molar-refractivity contribution in [2.75, 3.05) is 31.1 Å². The van der Waals surface area contributed by atoms with Crippen molar-refractivity contribution in [1.82, 2.24) is 19.2 Å². The third-order valence-corrected chi connectivity index (χ3v) is 7.07. The van der Waals surface area contributed by atoms with Gasteiger partial charge in [-0.3, -0.25) is 9.47 Å². The third kappa shape index (κ3) is 4.02. The highest BCUT2D eigenvalue weighted by atomic mass is 32.1. The van der Waals surface area contributed by atoms with Crippen molar-refractivity contribution in [1.29, 1.82) is 0 Å². The molecular formula is C23H33N5OS. The van der Waals surface area contributed by atoms with Crippen LogP contribution in [0.2, 0.25) is 0 Å². The molecule has 3 aliphatic rings. The summed E-state index contributed by atoms with van der Waals surface area (Å²) >= 11 is 5.93. The van der Waals surface area contributed by atoms with E-state index in [9.17, 15) is 0 Å². The predicted molar refractivity (Wildman–Crippen MR) is 122 cm³/mol. The van der Waals surface area contributed by atoms with Crippen molar-refractivity contribution in [3.8, 4) is 5.75 Å². The SMILES string of the molecule is CCOc1ccc(C2CCCN2Cn2nc(N3CCCCC3)n(C3CC3)c2=S)cc1. The van der Waals surface area contributed by atoms with Crippen LogP contribution in [0.3, 0.4) is 0 Å². The lowest BCUT2D eigenvalue weighted by Gasteiger charge is -2.27. The molecule has 0 amide bonds. The van der Waals surface area contributed by atoms with Crippen LogP contribution in [-0.4, -0.2) is 45.5 Å². The minimum Gasteiger partial charge on any atom is -0.494 e. The molecule has 30 heavy (non-hydrogen) atoms. The van der Waals surface area contributed by atoms with Gasteiger partial charge in [-0.2, -0.15) is 0 Å². The number of benzene rings is 1. The normalized spacial score (nSPS) is 22.6. The van der Waals surface area contributed by atoms with Gasteiger partial charge < -0.3 is 9.64 Å². The first-order chi connectivity index (χ1) is 14.7. The minimum atomic E-state index is 0.423. The number of hydrogen-bond acceptors (Lipinski definition) is 5. The van der Waals surface area contributed by atoms with Crippen molar-refractivity contribution in [2.45, 2.75) is 70.6 Å². The summed E-state index contributed by atoms with van der Waals surface area (Å²) < 4.78 is 11.0. The topological polar surface area (TPSA) is 38.5 Å². The van der Waals surface area contributed by atoms with Crippen molar-refractivity contribution < 1.29 is 4.74 Å². The molecule has 1 aromatic carbocycles. The molecule has 0 bridgehead atoms. The van der Waals surface area contributed by atoms with Gasteiger partial charge in [0.15, 0.2) is 0 Å². The monoisotopic (exact) mass is 427 g/mol. The van der Waals surface area contributed by atoms with Crippen LogP contribution < -0.4 is 9.64 Å². The molecule has 2 saturated heterocycles. The highest BCUT2D eigenvalue weighted by molar-refractivity contribution is 7.71. The Hall–Kier alpha value is -1.86. The second kappa shape index (κ2) is 8.71. The Morgan fingerprint density at radius 2 is 1.77 bits per heavy atom. The zero-order chi connectivity index (χ0) is 20.5. The van der Waals surface area contributed by atoms with Gasteiger partial charge in [-0.05, 0) is 81.8 Å². The fourth-order valence-electron chi connectivity index (χ4n) is 4.96. The maximum Gasteiger partial charge on any atom is 0.226 e. The molecule has 6 nitrogen and oxygen atoms in total. The zero-order valence-corrected chi connectivity index (χ0v) is 18.8. The van der Waals surface area contributed by atoms with Crippen molar-refractivity contribution >= 4 is 18.2 Å². The van der Waals surface area contributed by atoms with Gasteiger partial charge in [0, 0.05) is 31.7 Å². The Balaban J connectivity index is 1.37. The summed E-state index contributed by atoms with van der Waals surface area (Å²) in [5.41, 5.74) is 1.36. The molecule has 0 spiro atoms. The second-order valence-electron chi connectivity index (χ2n) is 8.84. The molecule has 1 aliphatic carbocycles. The molecule has 7 heteroatoms. The Morgan fingerprint density at radius 1 is 1.00 bits per heavy atom. The van der Waals surface area contributed by atoms with E-state index in [2.05, 4.69) is 43.3 Å². The summed E-state index contributed by atoms with van der Waals surface area (Å²) in [5, 5.41) is 5.06. The summed E-state index contributed by atoms with van der Waals surface area (Å²) in [6.07, 6.45) is 8.72. The number of anilines is 1. The van der Waals surface area contributed by atoms with Crippen LogP contribution in [0.4, 0.5) is 5.95 Å². The van der Waals surface area contributed by atoms with Gasteiger partial charge in [-0.15, -0.1) is 5.10 Å². The van der Waals surface area contributed by atoms with Gasteiger partial charge in [0.05, 0.1) is 13.3 Å². The number of ether oxygens (including phenoxy) is 1. The van der Waals surface area contributed by atoms with Crippen molar-refractivity contribution in [3.05, 3.63) is 34.6 Å². The lowest BCUT2D eigenvalue weighted by Crippen LogP contribution is -2.32. The maximum atomic E-state index is 5.93. The average molecular weight is 428 g/mol. The number of rotatable bonds is 7. The number of nitrogens with zero attached hydrogens (tertiary/aromatic N) is 5. The van der Waals surface area contributed by atoms with Gasteiger partial charge in [0.25, 0.3) is 0 Å². The van der Waals surface area contributed by atoms with Gasteiger partial charge in [-0.25, -0.2) is 4.68 Å². The Bertz CT molecular complexity index is 911. The van der Waals surface area contributed by atoms with Crippen LogP contribution in [-0.2, 0) is 6.67 Å². The van der Waals surface area contributed by atoms with E-state index < -0.39 is 0 Å². The molecule has 2 aliphatic heterocycles. The number of likely N-dealkylation sites (tertiary alicyclic amines) is 1. The molecular weight excluding hydrogens is 394 g/mol. The number of piperidine rings is 1. The summed E-state index contributed by atoms with van der Waals surface area (Å²) in [4.78, 5) is 5.00. The largest absolute Gasteiger partial charge is 0.494 e. The molecule has 2 aromatic rings. The molecule has 1 atom stereocenters. The van der Waals surface area contributed by atoms with Gasteiger partial charge in [0.1, 0.15) is 5.75 Å². The zero-order valence-electron chi connectivity index (χ0n) is 18.0. The van der Waals surface area contributed by atoms with E-state index in [0.29, 0.717) is 18.7 Å². The van der Waals surface area contributed by atoms with E-state index in [0.717, 1.165) is 42.8 Å². The fraction of sp³-hybridized carbons (Fsp3) is 0.652. The molecule has 162 valence electrons. The van der Waals surface area contributed by atoms with Gasteiger partial charge in [0.2, 0.25) is 10.7 Å². The summed E-state index contributed by atoms with van der Waals surface area (Å²) in [5.74, 6) is 2.06. The standard InChI is InChI=1S/C23H33N5OS/c1-2-29-20-12-8-18(9-13-20)21-7-6-16-26(21)17-27-23(30)28(19-10-11-19)22(24-27)25-14-4-3-5-15-25/h8-9,12-13,19,21H,2-7,10-11,14-17H2,1H3. The van der Waals surface area contributed by atoms with E-state index in [1.165, 1.54) is 50.5 Å². The van der Waals surface area contributed by atoms with Crippen molar-refractivity contribution in [3.63, 3.8) is 0 Å². The molecule has 1 aromatic heterocycles. The molecule has 1 saturated carbocycles. The van der Waals surface area contributed by atoms with Crippen LogP contribution in [0.15, 0.2) is 24.3 Å². The highest BCUT2D eigenvalue weighted by Gasteiger charge is 2.32. The first-order valence-electron chi connectivity index (χ1n) is 11.7. The van der Waals surface area contributed by atoms with Crippen LogP contribution in [0.25, 0.3) is 0 Å². The summed E-state index contributed by atoms with van der Waals surface area (Å²) in [7, 11) is 0. The lowest BCUT2D eigenvalue weighted by molar-refractivity contribution is 0.189. The van der Waals surface area contributed by atoms with E-state index in [1.807, 2.05) is 6.92 Å². The number of aromatic nitrogens is 3. The second-order valence-corrected chi connectivity index (χ2v) is 9.21. The molecule has 3 fully saturated rings. The van der Waals surface area contributed by atoms with Gasteiger partial charge in [-0.1, -0.05) is 12.1 Å². The highest BCUT2D eigenvalue weighted by Crippen LogP contribution is 2.39. The van der Waals surface area contributed by atoms with Crippen LogP contribution in [0.1, 0.15) is 69.5 Å². The van der Waals surface area contributed by atoms with E-state index >= 15 is 0 Å². The Morgan fingerprint density at radius 3 is 2.47 bits per heavy atom. The molecule has 3 heterocycles. The predicted octanol–water partition coefficient (Wildman–Crippen LogP) is 4.93. The Kier molecular flexibility index (Phi) is 5.83. The quantitative estimate of drug-likeness (QED) is 0.586. The summed E-state index contributed by atoms with van der Waals surface area (Å²) in [6, 6.07) is 9.61. The fourth-order valence-corrected chi connectivity index (χ4v) is 5.29.